The van der Waals surface area contributed by atoms with E-state index in [4.69, 9.17) is 14.2 Å². The Labute approximate surface area is 137 Å². The Hall–Kier alpha value is -2.11. The van der Waals surface area contributed by atoms with E-state index < -0.39 is 0 Å². The number of benzene rings is 1. The number of likely N-dealkylation sites (tertiary alicyclic amines) is 1. The van der Waals surface area contributed by atoms with E-state index in [2.05, 4.69) is 5.32 Å². The van der Waals surface area contributed by atoms with Crippen LogP contribution in [0.5, 0.6) is 17.2 Å². The summed E-state index contributed by atoms with van der Waals surface area (Å²) in [5, 5.41) is 3.23. The first-order valence-electron chi connectivity index (χ1n) is 7.96. The molecule has 1 saturated heterocycles. The van der Waals surface area contributed by atoms with E-state index in [9.17, 15) is 4.79 Å². The Kier molecular flexibility index (Phi) is 5.96. The maximum atomic E-state index is 12.5. The lowest BCUT2D eigenvalue weighted by atomic mass is 10.1. The smallest absolute Gasteiger partial charge is 0.244 e. The van der Waals surface area contributed by atoms with E-state index in [0.717, 1.165) is 31.6 Å². The summed E-state index contributed by atoms with van der Waals surface area (Å²) in [4.78, 5) is 14.4. The molecule has 0 saturated carbocycles. The summed E-state index contributed by atoms with van der Waals surface area (Å²) in [5.41, 5.74) is 0.761. The summed E-state index contributed by atoms with van der Waals surface area (Å²) < 4.78 is 16.0. The number of nitrogens with one attached hydrogen (secondary N) is 1. The second kappa shape index (κ2) is 7.94. The highest BCUT2D eigenvalue weighted by Crippen LogP contribution is 2.40. The molecule has 0 radical (unpaired) electrons. The fraction of sp³-hybridized carbons (Fsp3) is 0.588. The first kappa shape index (κ1) is 17.2. The van der Waals surface area contributed by atoms with Gasteiger partial charge in [0.25, 0.3) is 0 Å². The van der Waals surface area contributed by atoms with Gasteiger partial charge in [0.2, 0.25) is 11.7 Å². The molecule has 6 heteroatoms. The third kappa shape index (κ3) is 4.00. The van der Waals surface area contributed by atoms with Crippen molar-refractivity contribution in [3.05, 3.63) is 12.1 Å². The largest absolute Gasteiger partial charge is 0.493 e. The molecule has 6 nitrogen and oxygen atoms in total. The fourth-order valence-electron chi connectivity index (χ4n) is 2.86. The zero-order chi connectivity index (χ0) is 16.8. The van der Waals surface area contributed by atoms with Crippen LogP contribution in [0.3, 0.4) is 0 Å². The van der Waals surface area contributed by atoms with E-state index in [1.54, 1.807) is 33.5 Å². The molecule has 1 heterocycles. The Morgan fingerprint density at radius 3 is 2.09 bits per heavy atom. The minimum atomic E-state index is -0.309. The third-order valence-electron chi connectivity index (χ3n) is 4.09. The van der Waals surface area contributed by atoms with Crippen molar-refractivity contribution < 1.29 is 19.0 Å². The van der Waals surface area contributed by atoms with Crippen LogP contribution < -0.4 is 19.5 Å². The lowest BCUT2D eigenvalue weighted by Crippen LogP contribution is -2.43. The average molecular weight is 322 g/mol. The number of carbonyl (C=O) groups excluding carboxylic acids is 1. The molecule has 1 aromatic rings. The van der Waals surface area contributed by atoms with Gasteiger partial charge in [-0.3, -0.25) is 4.79 Å². The standard InChI is InChI=1S/C17H26N2O4/c1-12(17(20)19-8-6-5-7-9-19)18-13-10-14(21-2)16(23-4)15(11-13)22-3/h10-12,18H,5-9H2,1-4H3/t12-/m0/s1. The van der Waals surface area contributed by atoms with Crippen molar-refractivity contribution in [1.82, 2.24) is 4.90 Å². The molecule has 0 bridgehead atoms. The monoisotopic (exact) mass is 322 g/mol. The van der Waals surface area contributed by atoms with Gasteiger partial charge in [-0.05, 0) is 26.2 Å². The van der Waals surface area contributed by atoms with Crippen molar-refractivity contribution in [1.29, 1.82) is 0 Å². The second-order valence-corrected chi connectivity index (χ2v) is 5.67. The van der Waals surface area contributed by atoms with Crippen LogP contribution in [0, 0.1) is 0 Å². The number of hydrogen-bond donors (Lipinski definition) is 1. The van der Waals surface area contributed by atoms with Crippen LogP contribution in [0.4, 0.5) is 5.69 Å². The van der Waals surface area contributed by atoms with Crippen molar-refractivity contribution >= 4 is 11.6 Å². The molecule has 1 aromatic carbocycles. The molecule has 1 aliphatic heterocycles. The molecule has 1 N–H and O–H groups in total. The second-order valence-electron chi connectivity index (χ2n) is 5.67. The quantitative estimate of drug-likeness (QED) is 0.872. The highest BCUT2D eigenvalue weighted by molar-refractivity contribution is 5.84. The van der Waals surface area contributed by atoms with Gasteiger partial charge in [0.05, 0.1) is 21.3 Å². The fourth-order valence-corrected chi connectivity index (χ4v) is 2.86. The van der Waals surface area contributed by atoms with E-state index >= 15 is 0 Å². The Balaban J connectivity index is 2.13. The molecular weight excluding hydrogens is 296 g/mol. The van der Waals surface area contributed by atoms with Crippen molar-refractivity contribution in [3.8, 4) is 17.2 Å². The molecule has 23 heavy (non-hydrogen) atoms. The maximum absolute atomic E-state index is 12.5. The lowest BCUT2D eigenvalue weighted by molar-refractivity contribution is -0.132. The normalized spacial score (nSPS) is 15.7. The first-order chi connectivity index (χ1) is 11.1. The number of piperidine rings is 1. The van der Waals surface area contributed by atoms with Crippen LogP contribution in [0.2, 0.25) is 0 Å². The number of ether oxygens (including phenoxy) is 3. The maximum Gasteiger partial charge on any atom is 0.244 e. The number of rotatable bonds is 6. The molecular formula is C17H26N2O4. The summed E-state index contributed by atoms with van der Waals surface area (Å²) in [6, 6.07) is 3.30. The van der Waals surface area contributed by atoms with Gasteiger partial charge in [-0.25, -0.2) is 0 Å². The third-order valence-corrected chi connectivity index (χ3v) is 4.09. The van der Waals surface area contributed by atoms with Crippen LogP contribution in [-0.2, 0) is 4.79 Å². The number of anilines is 1. The number of amides is 1. The molecule has 0 aliphatic carbocycles. The molecule has 0 aromatic heterocycles. The summed E-state index contributed by atoms with van der Waals surface area (Å²) in [6.45, 7) is 3.57. The highest BCUT2D eigenvalue weighted by Gasteiger charge is 2.23. The van der Waals surface area contributed by atoms with Crippen molar-refractivity contribution in [2.45, 2.75) is 32.2 Å². The van der Waals surface area contributed by atoms with E-state index in [-0.39, 0.29) is 11.9 Å². The van der Waals surface area contributed by atoms with E-state index in [0.29, 0.717) is 17.2 Å². The Morgan fingerprint density at radius 2 is 1.61 bits per heavy atom. The lowest BCUT2D eigenvalue weighted by Gasteiger charge is -2.30. The van der Waals surface area contributed by atoms with Gasteiger partial charge in [0.1, 0.15) is 6.04 Å². The van der Waals surface area contributed by atoms with Crippen LogP contribution in [0.15, 0.2) is 12.1 Å². The predicted octanol–water partition coefficient (Wildman–Crippen LogP) is 2.53. The number of carbonyl (C=O) groups is 1. The molecule has 1 atom stereocenters. The molecule has 2 rings (SSSR count). The summed E-state index contributed by atoms with van der Waals surface area (Å²) in [7, 11) is 4.71. The zero-order valence-electron chi connectivity index (χ0n) is 14.3. The van der Waals surface area contributed by atoms with Crippen molar-refractivity contribution in [2.75, 3.05) is 39.7 Å². The SMILES string of the molecule is COc1cc(N[C@@H](C)C(=O)N2CCCCC2)cc(OC)c1OC. The van der Waals surface area contributed by atoms with Crippen molar-refractivity contribution in [3.63, 3.8) is 0 Å². The molecule has 128 valence electrons. The first-order valence-corrected chi connectivity index (χ1v) is 7.96. The molecule has 0 unspecified atom stereocenters. The van der Waals surface area contributed by atoms with Gasteiger partial charge in [-0.1, -0.05) is 0 Å². The predicted molar refractivity (Wildman–Crippen MR) is 89.6 cm³/mol. The van der Waals surface area contributed by atoms with Crippen LogP contribution in [0.1, 0.15) is 26.2 Å². The Morgan fingerprint density at radius 1 is 1.04 bits per heavy atom. The van der Waals surface area contributed by atoms with Gasteiger partial charge >= 0.3 is 0 Å². The van der Waals surface area contributed by atoms with Crippen molar-refractivity contribution in [2.24, 2.45) is 0 Å². The molecule has 1 amide bonds. The molecule has 0 spiro atoms. The number of methoxy groups -OCH3 is 3. The summed E-state index contributed by atoms with van der Waals surface area (Å²) >= 11 is 0. The minimum Gasteiger partial charge on any atom is -0.493 e. The van der Waals surface area contributed by atoms with Crippen LogP contribution in [0.25, 0.3) is 0 Å². The molecule has 1 fully saturated rings. The molecule has 1 aliphatic rings. The van der Waals surface area contributed by atoms with Crippen LogP contribution >= 0.6 is 0 Å². The minimum absolute atomic E-state index is 0.124. The highest BCUT2D eigenvalue weighted by atomic mass is 16.5. The number of nitrogens with zero attached hydrogens (tertiary/aromatic N) is 1. The van der Waals surface area contributed by atoms with Crippen LogP contribution in [-0.4, -0.2) is 51.3 Å². The summed E-state index contributed by atoms with van der Waals surface area (Å²) in [5.74, 6) is 1.79. The van der Waals surface area contributed by atoms with Gasteiger partial charge in [0.15, 0.2) is 11.5 Å². The topological polar surface area (TPSA) is 60.0 Å². The number of hydrogen-bond acceptors (Lipinski definition) is 5. The van der Waals surface area contributed by atoms with Gasteiger partial charge in [0, 0.05) is 30.9 Å². The van der Waals surface area contributed by atoms with Gasteiger partial charge < -0.3 is 24.4 Å². The van der Waals surface area contributed by atoms with Gasteiger partial charge in [-0.2, -0.15) is 0 Å². The average Bonchev–Trinajstić information content (AvgIpc) is 2.60. The summed E-state index contributed by atoms with van der Waals surface area (Å²) in [6.07, 6.45) is 3.38. The Bertz CT molecular complexity index is 516. The van der Waals surface area contributed by atoms with E-state index in [1.807, 2.05) is 11.8 Å². The van der Waals surface area contributed by atoms with Gasteiger partial charge in [-0.15, -0.1) is 0 Å². The zero-order valence-corrected chi connectivity index (χ0v) is 14.3. The van der Waals surface area contributed by atoms with E-state index in [1.165, 1.54) is 6.42 Å².